The number of carbonyl (C=O) groups is 2. The third-order valence-corrected chi connectivity index (χ3v) is 4.30. The number of carbonyl (C=O) groups excluding carboxylic acids is 2. The fourth-order valence-corrected chi connectivity index (χ4v) is 3.10. The van der Waals surface area contributed by atoms with E-state index in [-0.39, 0.29) is 17.9 Å². The maximum absolute atomic E-state index is 12.5. The molecule has 2 unspecified atom stereocenters. The molecule has 3 heterocycles. The number of fused-ring (bicyclic) bond motifs is 1. The molecule has 2 aliphatic heterocycles. The van der Waals surface area contributed by atoms with E-state index in [1.54, 1.807) is 25.4 Å². The van der Waals surface area contributed by atoms with E-state index in [0.717, 1.165) is 12.8 Å². The smallest absolute Gasteiger partial charge is 0.255 e. The number of hydrogen-bond donors (Lipinski definition) is 1. The van der Waals surface area contributed by atoms with E-state index in [0.29, 0.717) is 36.9 Å². The maximum Gasteiger partial charge on any atom is 0.255 e. The Kier molecular flexibility index (Phi) is 3.77. The molecular weight excluding hydrogens is 270 g/mol. The minimum absolute atomic E-state index is 0.000466. The summed E-state index contributed by atoms with van der Waals surface area (Å²) in [6.45, 7) is 1.38. The quantitative estimate of drug-likeness (QED) is 0.875. The summed E-state index contributed by atoms with van der Waals surface area (Å²) in [5.41, 5.74) is 0.578. The number of rotatable bonds is 2. The Morgan fingerprint density at radius 2 is 2.29 bits per heavy atom. The second kappa shape index (κ2) is 5.71. The third-order valence-electron chi connectivity index (χ3n) is 4.30. The molecule has 2 saturated heterocycles. The van der Waals surface area contributed by atoms with Crippen molar-refractivity contribution in [1.82, 2.24) is 15.2 Å². The van der Waals surface area contributed by atoms with Crippen LogP contribution < -0.4 is 10.1 Å². The summed E-state index contributed by atoms with van der Waals surface area (Å²) in [5, 5.41) is 3.03. The average Bonchev–Trinajstić information content (AvgIpc) is 2.53. The topological polar surface area (TPSA) is 71.5 Å². The highest BCUT2D eigenvalue weighted by Crippen LogP contribution is 2.26. The number of piperidine rings is 2. The summed E-state index contributed by atoms with van der Waals surface area (Å²) in [5.74, 6) is 1.00. The van der Waals surface area contributed by atoms with Gasteiger partial charge in [-0.3, -0.25) is 9.59 Å². The standard InChI is InChI=1S/C15H19N3O3/c1-21-14-5-3-10(8-16-14)15(20)18-7-6-12-11(9-18)2-4-13(19)17-12/h3,5,8,11-12H,2,4,6-7,9H2,1H3,(H,17,19). The van der Waals surface area contributed by atoms with Gasteiger partial charge in [0.05, 0.1) is 12.7 Å². The lowest BCUT2D eigenvalue weighted by Gasteiger charge is -2.41. The van der Waals surface area contributed by atoms with Crippen LogP contribution in [0.3, 0.4) is 0 Å². The van der Waals surface area contributed by atoms with E-state index in [9.17, 15) is 9.59 Å². The third kappa shape index (κ3) is 2.84. The van der Waals surface area contributed by atoms with Gasteiger partial charge in [-0.2, -0.15) is 0 Å². The van der Waals surface area contributed by atoms with Crippen molar-refractivity contribution in [3.05, 3.63) is 23.9 Å². The number of aromatic nitrogens is 1. The molecule has 0 spiro atoms. The second-order valence-corrected chi connectivity index (χ2v) is 5.60. The van der Waals surface area contributed by atoms with Crippen LogP contribution >= 0.6 is 0 Å². The zero-order valence-electron chi connectivity index (χ0n) is 12.0. The van der Waals surface area contributed by atoms with Crippen LogP contribution in [-0.4, -0.2) is 47.9 Å². The van der Waals surface area contributed by atoms with Gasteiger partial charge in [-0.1, -0.05) is 0 Å². The molecule has 1 aromatic rings. The van der Waals surface area contributed by atoms with Crippen molar-refractivity contribution in [2.45, 2.75) is 25.3 Å². The van der Waals surface area contributed by atoms with Crippen LogP contribution in [0, 0.1) is 5.92 Å². The molecular formula is C15H19N3O3. The van der Waals surface area contributed by atoms with E-state index < -0.39 is 0 Å². The van der Waals surface area contributed by atoms with Crippen LogP contribution in [0.5, 0.6) is 5.88 Å². The van der Waals surface area contributed by atoms with Crippen molar-refractivity contribution in [3.63, 3.8) is 0 Å². The molecule has 1 N–H and O–H groups in total. The highest BCUT2D eigenvalue weighted by molar-refractivity contribution is 5.94. The van der Waals surface area contributed by atoms with E-state index in [2.05, 4.69) is 10.3 Å². The van der Waals surface area contributed by atoms with Gasteiger partial charge in [-0.05, 0) is 24.8 Å². The van der Waals surface area contributed by atoms with Gasteiger partial charge < -0.3 is 15.0 Å². The highest BCUT2D eigenvalue weighted by atomic mass is 16.5. The molecule has 2 amide bonds. The average molecular weight is 289 g/mol. The Morgan fingerprint density at radius 1 is 1.43 bits per heavy atom. The number of nitrogens with zero attached hydrogens (tertiary/aromatic N) is 2. The fourth-order valence-electron chi connectivity index (χ4n) is 3.10. The van der Waals surface area contributed by atoms with Gasteiger partial charge in [0, 0.05) is 37.8 Å². The summed E-state index contributed by atoms with van der Waals surface area (Å²) in [7, 11) is 1.55. The minimum atomic E-state index is 0.000466. The number of hydrogen-bond acceptors (Lipinski definition) is 4. The molecule has 0 bridgehead atoms. The van der Waals surface area contributed by atoms with Gasteiger partial charge in [-0.15, -0.1) is 0 Å². The van der Waals surface area contributed by atoms with Crippen LogP contribution in [-0.2, 0) is 4.79 Å². The second-order valence-electron chi connectivity index (χ2n) is 5.60. The first-order valence-electron chi connectivity index (χ1n) is 7.26. The first kappa shape index (κ1) is 13.9. The van der Waals surface area contributed by atoms with Gasteiger partial charge in [0.15, 0.2) is 0 Å². The zero-order chi connectivity index (χ0) is 14.8. The Hall–Kier alpha value is -2.11. The summed E-state index contributed by atoms with van der Waals surface area (Å²) >= 11 is 0. The lowest BCUT2D eigenvalue weighted by Crippen LogP contribution is -2.55. The van der Waals surface area contributed by atoms with Crippen LogP contribution in [0.15, 0.2) is 18.3 Å². The van der Waals surface area contributed by atoms with Gasteiger partial charge in [0.25, 0.3) is 5.91 Å². The molecule has 0 saturated carbocycles. The molecule has 6 nitrogen and oxygen atoms in total. The molecule has 1 aromatic heterocycles. The Bertz CT molecular complexity index is 544. The monoisotopic (exact) mass is 289 g/mol. The Balaban J connectivity index is 1.67. The van der Waals surface area contributed by atoms with Crippen LogP contribution in [0.1, 0.15) is 29.6 Å². The Labute approximate surface area is 123 Å². The lowest BCUT2D eigenvalue weighted by molar-refractivity contribution is -0.125. The predicted molar refractivity (Wildman–Crippen MR) is 76.0 cm³/mol. The summed E-state index contributed by atoms with van der Waals surface area (Å²) < 4.78 is 5.00. The van der Waals surface area contributed by atoms with Crippen molar-refractivity contribution in [1.29, 1.82) is 0 Å². The van der Waals surface area contributed by atoms with E-state index in [4.69, 9.17) is 4.74 Å². The largest absolute Gasteiger partial charge is 0.481 e. The molecule has 112 valence electrons. The van der Waals surface area contributed by atoms with E-state index in [1.165, 1.54) is 0 Å². The summed E-state index contributed by atoms with van der Waals surface area (Å²) in [4.78, 5) is 29.8. The molecule has 21 heavy (non-hydrogen) atoms. The summed E-state index contributed by atoms with van der Waals surface area (Å²) in [6.07, 6.45) is 3.80. The molecule has 2 fully saturated rings. The molecule has 3 rings (SSSR count). The Morgan fingerprint density at radius 3 is 3.00 bits per heavy atom. The number of methoxy groups -OCH3 is 1. The van der Waals surface area contributed by atoms with Crippen LogP contribution in [0.2, 0.25) is 0 Å². The number of nitrogens with one attached hydrogen (secondary N) is 1. The molecule has 6 heteroatoms. The molecule has 0 aliphatic carbocycles. The number of pyridine rings is 1. The number of likely N-dealkylation sites (tertiary alicyclic amines) is 1. The minimum Gasteiger partial charge on any atom is -0.481 e. The van der Waals surface area contributed by atoms with Crippen molar-refractivity contribution in [2.24, 2.45) is 5.92 Å². The van der Waals surface area contributed by atoms with Crippen LogP contribution in [0.4, 0.5) is 0 Å². The van der Waals surface area contributed by atoms with Crippen molar-refractivity contribution in [2.75, 3.05) is 20.2 Å². The predicted octanol–water partition coefficient (Wildman–Crippen LogP) is 0.831. The highest BCUT2D eigenvalue weighted by Gasteiger charge is 2.35. The zero-order valence-corrected chi connectivity index (χ0v) is 12.0. The van der Waals surface area contributed by atoms with Gasteiger partial charge in [0.2, 0.25) is 11.8 Å². The molecule has 0 aromatic carbocycles. The van der Waals surface area contributed by atoms with Crippen molar-refractivity contribution in [3.8, 4) is 5.88 Å². The van der Waals surface area contributed by atoms with Gasteiger partial charge in [-0.25, -0.2) is 4.98 Å². The molecule has 2 aliphatic rings. The molecule has 0 radical (unpaired) electrons. The lowest BCUT2D eigenvalue weighted by atomic mass is 9.85. The number of amides is 2. The SMILES string of the molecule is COc1ccc(C(=O)N2CCC3NC(=O)CCC3C2)cn1. The van der Waals surface area contributed by atoms with E-state index >= 15 is 0 Å². The van der Waals surface area contributed by atoms with Crippen molar-refractivity contribution >= 4 is 11.8 Å². The van der Waals surface area contributed by atoms with Gasteiger partial charge in [0.1, 0.15) is 0 Å². The normalized spacial score (nSPS) is 25.0. The van der Waals surface area contributed by atoms with Crippen LogP contribution in [0.25, 0.3) is 0 Å². The fraction of sp³-hybridized carbons (Fsp3) is 0.533. The maximum atomic E-state index is 12.5. The summed E-state index contributed by atoms with van der Waals surface area (Å²) in [6, 6.07) is 3.66. The van der Waals surface area contributed by atoms with E-state index in [1.807, 2.05) is 4.90 Å². The number of ether oxygens (including phenoxy) is 1. The first-order valence-corrected chi connectivity index (χ1v) is 7.26. The molecule has 2 atom stereocenters. The first-order chi connectivity index (χ1) is 10.2. The van der Waals surface area contributed by atoms with Crippen molar-refractivity contribution < 1.29 is 14.3 Å². The van der Waals surface area contributed by atoms with Gasteiger partial charge >= 0.3 is 0 Å².